The highest BCUT2D eigenvalue weighted by atomic mass is 16.5. The molecule has 0 N–H and O–H groups in total. The maximum absolute atomic E-state index is 12.5. The maximum Gasteiger partial charge on any atom is 0.339 e. The number of fused-ring (bicyclic) bond motifs is 1. The van der Waals surface area contributed by atoms with E-state index in [0.717, 1.165) is 0 Å². The molecule has 0 fully saturated rings. The molecule has 25 heavy (non-hydrogen) atoms. The van der Waals surface area contributed by atoms with E-state index in [2.05, 4.69) is 0 Å². The molecule has 2 aliphatic carbocycles. The highest BCUT2D eigenvalue weighted by Crippen LogP contribution is 2.42. The van der Waals surface area contributed by atoms with Gasteiger partial charge in [0.25, 0.3) is 0 Å². The van der Waals surface area contributed by atoms with Crippen LogP contribution < -0.4 is 4.74 Å². The third kappa shape index (κ3) is 3.63. The lowest BCUT2D eigenvalue weighted by Gasteiger charge is -2.07. The van der Waals surface area contributed by atoms with Crippen LogP contribution in [0.15, 0.2) is 24.3 Å². The van der Waals surface area contributed by atoms with E-state index in [4.69, 9.17) is 14.2 Å². The first-order valence-corrected chi connectivity index (χ1v) is 7.98. The molecule has 2 aliphatic rings. The lowest BCUT2D eigenvalue weighted by atomic mass is 10.1. The fourth-order valence-electron chi connectivity index (χ4n) is 2.77. The van der Waals surface area contributed by atoms with Crippen molar-refractivity contribution in [3.05, 3.63) is 41.0 Å². The molecule has 6 nitrogen and oxygen atoms in total. The Morgan fingerprint density at radius 1 is 1.12 bits per heavy atom. The number of hydrogen-bond donors (Lipinski definition) is 0. The highest BCUT2D eigenvalue weighted by Gasteiger charge is 2.31. The van der Waals surface area contributed by atoms with E-state index >= 15 is 0 Å². The van der Waals surface area contributed by atoms with Crippen LogP contribution in [0, 0.1) is 0 Å². The normalized spacial score (nSPS) is 10.4. The summed E-state index contributed by atoms with van der Waals surface area (Å²) in [7, 11) is 1.25. The molecular formula is C19H20O6. The van der Waals surface area contributed by atoms with Gasteiger partial charge in [-0.2, -0.15) is 0 Å². The van der Waals surface area contributed by atoms with Crippen molar-refractivity contribution in [2.24, 2.45) is 0 Å². The average Bonchev–Trinajstić information content (AvgIpc) is 2.76. The third-order valence-corrected chi connectivity index (χ3v) is 3.75. The van der Waals surface area contributed by atoms with Gasteiger partial charge < -0.3 is 14.2 Å². The van der Waals surface area contributed by atoms with E-state index in [-0.39, 0.29) is 24.2 Å². The summed E-state index contributed by atoms with van der Waals surface area (Å²) in [5, 5.41) is 0. The predicted octanol–water partition coefficient (Wildman–Crippen LogP) is 2.89. The summed E-state index contributed by atoms with van der Waals surface area (Å²) in [6.45, 7) is 4.08. The zero-order valence-corrected chi connectivity index (χ0v) is 14.5. The fraction of sp³-hybridized carbons (Fsp3) is 0.316. The zero-order valence-electron chi connectivity index (χ0n) is 14.5. The smallest absolute Gasteiger partial charge is 0.339 e. The number of esters is 2. The van der Waals surface area contributed by atoms with Crippen molar-refractivity contribution in [1.29, 1.82) is 0 Å². The van der Waals surface area contributed by atoms with Crippen LogP contribution in [0.2, 0.25) is 0 Å². The second kappa shape index (κ2) is 8.28. The fourth-order valence-corrected chi connectivity index (χ4v) is 2.77. The molecule has 0 heterocycles. The van der Waals surface area contributed by atoms with Crippen molar-refractivity contribution in [3.63, 3.8) is 0 Å². The Balaban J connectivity index is 2.82. The number of carbonyl (C=O) groups is 3. The van der Waals surface area contributed by atoms with Crippen molar-refractivity contribution in [1.82, 2.24) is 0 Å². The molecule has 0 atom stereocenters. The van der Waals surface area contributed by atoms with Gasteiger partial charge in [0.15, 0.2) is 6.29 Å². The van der Waals surface area contributed by atoms with Crippen molar-refractivity contribution in [2.75, 3.05) is 20.3 Å². The summed E-state index contributed by atoms with van der Waals surface area (Å²) in [4.78, 5) is 36.1. The Kier molecular flexibility index (Phi) is 6.11. The summed E-state index contributed by atoms with van der Waals surface area (Å²) in [6.07, 6.45) is 0.425. The summed E-state index contributed by atoms with van der Waals surface area (Å²) in [5.74, 6) is -0.675. The Bertz CT molecular complexity index is 765. The molecule has 0 saturated carbocycles. The monoisotopic (exact) mass is 344 g/mol. The van der Waals surface area contributed by atoms with Gasteiger partial charge in [0.05, 0.1) is 32.3 Å². The Labute approximate surface area is 146 Å². The molecule has 132 valence electrons. The third-order valence-electron chi connectivity index (χ3n) is 3.75. The van der Waals surface area contributed by atoms with Gasteiger partial charge in [-0.1, -0.05) is 18.2 Å². The molecule has 0 aromatic carbocycles. The molecule has 6 heteroatoms. The van der Waals surface area contributed by atoms with Gasteiger partial charge in [0, 0.05) is 16.7 Å². The van der Waals surface area contributed by atoms with Crippen LogP contribution in [0.1, 0.15) is 40.1 Å². The van der Waals surface area contributed by atoms with E-state index < -0.39 is 11.9 Å². The molecule has 0 saturated heterocycles. The highest BCUT2D eigenvalue weighted by molar-refractivity contribution is 6.09. The van der Waals surface area contributed by atoms with Gasteiger partial charge in [-0.3, -0.25) is 9.59 Å². The second-order valence-electron chi connectivity index (χ2n) is 5.16. The standard InChI is InChI=1S/C19H20O6/c1-4-24-15-9-7-6-8-12-17(15)14(11-20)13(10-16(21)23-3)18(12)19(22)25-5-2/h6-9,11H,4-5,10H2,1-3H3. The summed E-state index contributed by atoms with van der Waals surface area (Å²) in [6, 6.07) is 6.92. The van der Waals surface area contributed by atoms with Crippen molar-refractivity contribution >= 4 is 18.2 Å². The van der Waals surface area contributed by atoms with E-state index in [1.807, 2.05) is 6.92 Å². The topological polar surface area (TPSA) is 78.9 Å². The largest absolute Gasteiger partial charge is 0.493 e. The molecule has 0 aliphatic heterocycles. The van der Waals surface area contributed by atoms with Crippen LogP contribution in [0.3, 0.4) is 0 Å². The van der Waals surface area contributed by atoms with Gasteiger partial charge in [-0.05, 0) is 25.5 Å². The molecule has 0 bridgehead atoms. The van der Waals surface area contributed by atoms with E-state index in [0.29, 0.717) is 35.3 Å². The van der Waals surface area contributed by atoms with Crippen LogP contribution >= 0.6 is 0 Å². The van der Waals surface area contributed by atoms with Crippen molar-refractivity contribution in [3.8, 4) is 16.9 Å². The van der Waals surface area contributed by atoms with Crippen molar-refractivity contribution in [2.45, 2.75) is 20.3 Å². The van der Waals surface area contributed by atoms with Gasteiger partial charge in [0.1, 0.15) is 5.75 Å². The first-order valence-electron chi connectivity index (χ1n) is 7.98. The first kappa shape index (κ1) is 18.4. The molecule has 0 aromatic heterocycles. The first-order chi connectivity index (χ1) is 12.1. The molecule has 0 spiro atoms. The van der Waals surface area contributed by atoms with Crippen LogP contribution in [0.5, 0.6) is 5.75 Å². The number of rotatable bonds is 7. The number of aldehydes is 1. The van der Waals surface area contributed by atoms with Crippen LogP contribution in [0.4, 0.5) is 0 Å². The lowest BCUT2D eigenvalue weighted by Crippen LogP contribution is -2.12. The van der Waals surface area contributed by atoms with Crippen LogP contribution in [0.25, 0.3) is 11.1 Å². The molecule has 0 radical (unpaired) electrons. The number of methoxy groups -OCH3 is 1. The lowest BCUT2D eigenvalue weighted by molar-refractivity contribution is -0.139. The Morgan fingerprint density at radius 2 is 1.84 bits per heavy atom. The van der Waals surface area contributed by atoms with E-state index in [1.54, 1.807) is 31.2 Å². The molecule has 0 amide bonds. The van der Waals surface area contributed by atoms with Gasteiger partial charge in [-0.15, -0.1) is 0 Å². The van der Waals surface area contributed by atoms with Crippen LogP contribution in [-0.2, 0) is 20.7 Å². The Hall–Kier alpha value is -2.89. The SMILES string of the molecule is CCOC(=O)c1c2ccccc(OCC)c-2c(C=O)c1CC(=O)OC. The quantitative estimate of drug-likeness (QED) is 0.568. The molecule has 0 unspecified atom stereocenters. The van der Waals surface area contributed by atoms with Crippen LogP contribution in [-0.4, -0.2) is 38.5 Å². The molecule has 2 rings (SSSR count). The minimum atomic E-state index is -0.590. The predicted molar refractivity (Wildman–Crippen MR) is 91.3 cm³/mol. The van der Waals surface area contributed by atoms with Crippen molar-refractivity contribution < 1.29 is 28.6 Å². The minimum absolute atomic E-state index is 0.177. The van der Waals surface area contributed by atoms with E-state index in [9.17, 15) is 14.4 Å². The van der Waals surface area contributed by atoms with E-state index in [1.165, 1.54) is 7.11 Å². The molecule has 0 aromatic rings. The summed E-state index contributed by atoms with van der Waals surface area (Å²) >= 11 is 0. The molecular weight excluding hydrogens is 324 g/mol. The minimum Gasteiger partial charge on any atom is -0.493 e. The van der Waals surface area contributed by atoms with Gasteiger partial charge in [0.2, 0.25) is 0 Å². The van der Waals surface area contributed by atoms with Gasteiger partial charge in [-0.25, -0.2) is 4.79 Å². The second-order valence-corrected chi connectivity index (χ2v) is 5.16. The zero-order chi connectivity index (χ0) is 18.4. The maximum atomic E-state index is 12.5. The summed E-state index contributed by atoms with van der Waals surface area (Å²) < 4.78 is 15.5. The van der Waals surface area contributed by atoms with Gasteiger partial charge >= 0.3 is 11.9 Å². The number of hydrogen-bond acceptors (Lipinski definition) is 6. The summed E-state index contributed by atoms with van der Waals surface area (Å²) in [5.41, 5.74) is 1.73. The number of carbonyl (C=O) groups excluding carboxylic acids is 3. The number of ether oxygens (including phenoxy) is 3. The Morgan fingerprint density at radius 3 is 2.44 bits per heavy atom. The average molecular weight is 344 g/mol.